The summed E-state index contributed by atoms with van der Waals surface area (Å²) in [6.07, 6.45) is 0.514. The Morgan fingerprint density at radius 3 is 2.43 bits per heavy atom. The molecule has 0 aliphatic rings. The molecule has 3 rings (SSSR count). The second-order valence-corrected chi connectivity index (χ2v) is 8.92. The zero-order valence-corrected chi connectivity index (χ0v) is 19.9. The molecule has 3 aromatic rings. The Balaban J connectivity index is 2.15. The lowest BCUT2D eigenvalue weighted by molar-refractivity contribution is -0.253. The largest absolute Gasteiger partial charge is 0.505 e. The number of azo groups is 1. The van der Waals surface area contributed by atoms with Gasteiger partial charge in [-0.2, -0.15) is 13.5 Å². The molecule has 0 saturated carbocycles. The van der Waals surface area contributed by atoms with Gasteiger partial charge in [-0.3, -0.25) is 20.0 Å². The van der Waals surface area contributed by atoms with Gasteiger partial charge in [0.1, 0.15) is 12.4 Å². The van der Waals surface area contributed by atoms with E-state index >= 15 is 0 Å². The Morgan fingerprint density at radius 1 is 1.11 bits per heavy atom. The summed E-state index contributed by atoms with van der Waals surface area (Å²) in [5.74, 6) is -2.01. The number of anilines is 1. The summed E-state index contributed by atoms with van der Waals surface area (Å²) in [5, 5.41) is 40.7. The molecule has 14 heteroatoms. The minimum atomic E-state index is -4.62. The summed E-state index contributed by atoms with van der Waals surface area (Å²) in [6.45, 7) is 1.19. The van der Waals surface area contributed by atoms with Crippen molar-refractivity contribution in [2.24, 2.45) is 15.3 Å². The summed E-state index contributed by atoms with van der Waals surface area (Å²) in [5.41, 5.74) is 2.71. The van der Waals surface area contributed by atoms with Crippen LogP contribution in [0.25, 0.3) is 0 Å². The molecule has 0 amide bonds. The lowest BCUT2D eigenvalue weighted by Crippen LogP contribution is -2.09. The number of hydrogen-bond acceptors (Lipinski definition) is 10. The molecule has 0 aromatic heterocycles. The van der Waals surface area contributed by atoms with Gasteiger partial charge in [0.15, 0.2) is 6.29 Å². The van der Waals surface area contributed by atoms with Crippen molar-refractivity contribution in [3.63, 3.8) is 0 Å². The summed E-state index contributed by atoms with van der Waals surface area (Å²) in [7, 11) is -4.62. The third-order valence-electron chi connectivity index (χ3n) is 4.96. The number of phenolic OH excluding ortho intramolecular Hbond substituents is 1. The number of carbonyl (C=O) groups is 2. The Hall–Kier alpha value is -4.50. The van der Waals surface area contributed by atoms with Gasteiger partial charge in [-0.25, -0.2) is 9.68 Å². The quantitative estimate of drug-likeness (QED) is 0.0394. The fourth-order valence-electron chi connectivity index (χ4n) is 3.14. The molecule has 0 heterocycles. The third kappa shape index (κ3) is 6.59. The molecular weight excluding hydrogens is 508 g/mol. The maximum atomic E-state index is 11.8. The Labute approximate surface area is 210 Å². The molecule has 0 spiro atoms. The van der Waals surface area contributed by atoms with Crippen LogP contribution in [0.15, 0.2) is 74.8 Å². The summed E-state index contributed by atoms with van der Waals surface area (Å²) in [6, 6.07) is 12.0. The molecule has 0 radical (unpaired) electrons. The van der Waals surface area contributed by atoms with Gasteiger partial charge in [0.25, 0.3) is 10.1 Å². The van der Waals surface area contributed by atoms with Crippen LogP contribution in [0.3, 0.4) is 0 Å². The molecule has 0 atom stereocenters. The van der Waals surface area contributed by atoms with Gasteiger partial charge in [-0.05, 0) is 48.4 Å². The zero-order chi connectivity index (χ0) is 27.2. The molecule has 0 aliphatic heterocycles. The van der Waals surface area contributed by atoms with Crippen LogP contribution in [0.1, 0.15) is 37.4 Å². The maximum absolute atomic E-state index is 11.8. The predicted octanol–water partition coefficient (Wildman–Crippen LogP) is 4.01. The van der Waals surface area contributed by atoms with Crippen LogP contribution >= 0.6 is 0 Å². The molecule has 3 aromatic carbocycles. The number of hydrazone groups is 1. The number of carbonyl (C=O) groups excluding carboxylic acids is 1. The minimum Gasteiger partial charge on any atom is -0.505 e. The van der Waals surface area contributed by atoms with E-state index in [4.69, 9.17) is 5.26 Å². The number of aromatic carboxylic acids is 1. The number of rotatable bonds is 9. The highest BCUT2D eigenvalue weighted by atomic mass is 32.2. The van der Waals surface area contributed by atoms with E-state index in [1.165, 1.54) is 49.4 Å². The molecule has 0 bridgehead atoms. The van der Waals surface area contributed by atoms with E-state index in [1.54, 1.807) is 0 Å². The molecule has 5 N–H and O–H groups in total. The van der Waals surface area contributed by atoms with Crippen molar-refractivity contribution in [1.29, 1.82) is 0 Å². The number of phenols is 1. The van der Waals surface area contributed by atoms with Crippen molar-refractivity contribution in [2.45, 2.75) is 18.4 Å². The molecule has 192 valence electrons. The topological polar surface area (TPSA) is 208 Å². The monoisotopic (exact) mass is 528 g/mol. The Bertz CT molecular complexity index is 1520. The summed E-state index contributed by atoms with van der Waals surface area (Å²) in [4.78, 5) is 26.8. The first kappa shape index (κ1) is 27.1. The maximum Gasteiger partial charge on any atom is 0.336 e. The fourth-order valence-corrected chi connectivity index (χ4v) is 3.73. The molecule has 0 aliphatic carbocycles. The van der Waals surface area contributed by atoms with Crippen LogP contribution in [0, 0.1) is 6.92 Å². The van der Waals surface area contributed by atoms with Crippen LogP contribution in [-0.2, 0) is 21.6 Å². The summed E-state index contributed by atoms with van der Waals surface area (Å²) >= 11 is 0. The van der Waals surface area contributed by atoms with E-state index < -0.39 is 21.0 Å². The molecule has 13 nitrogen and oxygen atoms in total. The normalized spacial score (nSPS) is 12.0. The van der Waals surface area contributed by atoms with E-state index in [1.807, 2.05) is 0 Å². The first-order chi connectivity index (χ1) is 17.5. The second-order valence-electron chi connectivity index (χ2n) is 7.49. The number of benzene rings is 3. The van der Waals surface area contributed by atoms with Crippen LogP contribution in [-0.4, -0.2) is 46.5 Å². The molecule has 37 heavy (non-hydrogen) atoms. The lowest BCUT2D eigenvalue weighted by Gasteiger charge is -2.10. The van der Waals surface area contributed by atoms with Crippen molar-refractivity contribution in [2.75, 3.05) is 5.43 Å². The Kier molecular flexibility index (Phi) is 8.41. The number of hydrogen-bond donors (Lipinski definition) is 5. The highest BCUT2D eigenvalue weighted by Crippen LogP contribution is 2.31. The fraction of sp³-hybridized carbons (Fsp3) is 0.0870. The molecule has 0 fully saturated rings. The number of amidine groups is 1. The number of aryl methyl sites for hydroxylation is 1. The first-order valence-corrected chi connectivity index (χ1v) is 11.7. The van der Waals surface area contributed by atoms with E-state index in [-0.39, 0.29) is 51.8 Å². The first-order valence-electron chi connectivity index (χ1n) is 10.3. The SMILES string of the molecule is Cc1cc(S(=O)(=O)O)cc(NN=C(N=Nc2cc(COO)ccc2C=O)c2ccccc2C(=O)O)c1O. The van der Waals surface area contributed by atoms with Gasteiger partial charge < -0.3 is 10.2 Å². The van der Waals surface area contributed by atoms with Crippen molar-refractivity contribution >= 4 is 39.6 Å². The number of nitrogens with one attached hydrogen (secondary N) is 1. The number of carboxylic acid groups (broad SMARTS) is 1. The second kappa shape index (κ2) is 11.5. The smallest absolute Gasteiger partial charge is 0.336 e. The van der Waals surface area contributed by atoms with Gasteiger partial charge in [-0.1, -0.05) is 24.3 Å². The van der Waals surface area contributed by atoms with E-state index in [0.717, 1.165) is 12.1 Å². The molecule has 0 unspecified atom stereocenters. The van der Waals surface area contributed by atoms with Crippen LogP contribution in [0.5, 0.6) is 5.75 Å². The van der Waals surface area contributed by atoms with Gasteiger partial charge in [0, 0.05) is 11.1 Å². The van der Waals surface area contributed by atoms with Gasteiger partial charge in [0.2, 0.25) is 5.84 Å². The highest BCUT2D eigenvalue weighted by Gasteiger charge is 2.18. The minimum absolute atomic E-state index is 0.00380. The van der Waals surface area contributed by atoms with Crippen LogP contribution in [0.4, 0.5) is 11.4 Å². The van der Waals surface area contributed by atoms with Gasteiger partial charge >= 0.3 is 5.97 Å². The number of aromatic hydroxyl groups is 1. The number of nitrogens with zero attached hydrogens (tertiary/aromatic N) is 3. The van der Waals surface area contributed by atoms with Crippen molar-refractivity contribution < 1.29 is 42.9 Å². The third-order valence-corrected chi connectivity index (χ3v) is 5.79. The van der Waals surface area contributed by atoms with E-state index in [2.05, 4.69) is 25.6 Å². The van der Waals surface area contributed by atoms with Crippen LogP contribution < -0.4 is 5.43 Å². The van der Waals surface area contributed by atoms with Gasteiger partial charge in [-0.15, -0.1) is 10.2 Å². The number of carboxylic acids is 1. The van der Waals surface area contributed by atoms with E-state index in [9.17, 15) is 32.8 Å². The average molecular weight is 528 g/mol. The van der Waals surface area contributed by atoms with Gasteiger partial charge in [0.05, 0.1) is 21.8 Å². The summed E-state index contributed by atoms with van der Waals surface area (Å²) < 4.78 is 32.5. The highest BCUT2D eigenvalue weighted by molar-refractivity contribution is 7.85. The van der Waals surface area contributed by atoms with Crippen molar-refractivity contribution in [3.8, 4) is 5.75 Å². The molecule has 0 saturated heterocycles. The Morgan fingerprint density at radius 2 is 1.81 bits per heavy atom. The van der Waals surface area contributed by atoms with E-state index in [0.29, 0.717) is 11.8 Å². The number of aldehydes is 1. The van der Waals surface area contributed by atoms with Crippen molar-refractivity contribution in [3.05, 3.63) is 82.4 Å². The zero-order valence-electron chi connectivity index (χ0n) is 19.1. The van der Waals surface area contributed by atoms with Crippen LogP contribution in [0.2, 0.25) is 0 Å². The predicted molar refractivity (Wildman–Crippen MR) is 130 cm³/mol. The molecular formula is C23H20N4O9S. The average Bonchev–Trinajstić information content (AvgIpc) is 2.86. The van der Waals surface area contributed by atoms with Crippen molar-refractivity contribution in [1.82, 2.24) is 0 Å². The lowest BCUT2D eigenvalue weighted by atomic mass is 10.1. The standard InChI is InChI=1S/C23H20N4O9S/c1-13-8-16(37(33,34)35)10-20(21(13)29)25-27-22(17-4-2-3-5-18(17)23(30)31)26-24-19-9-14(12-36-32)6-7-15(19)11-28/h2-11,25,29,32H,12H2,1H3,(H,30,31)(H,33,34,35).